The van der Waals surface area contributed by atoms with Gasteiger partial charge in [-0.2, -0.15) is 0 Å². The van der Waals surface area contributed by atoms with E-state index in [0.29, 0.717) is 5.41 Å². The summed E-state index contributed by atoms with van der Waals surface area (Å²) in [5.41, 5.74) is 3.36. The number of benzene rings is 1. The second kappa shape index (κ2) is 5.01. The molecule has 1 aromatic carbocycles. The molecule has 1 fully saturated rings. The highest BCUT2D eigenvalue weighted by Gasteiger charge is 2.31. The summed E-state index contributed by atoms with van der Waals surface area (Å²) in [6, 6.07) is 9.27. The van der Waals surface area contributed by atoms with Gasteiger partial charge in [-0.3, -0.25) is 0 Å². The van der Waals surface area contributed by atoms with Gasteiger partial charge < -0.3 is 5.32 Å². The van der Waals surface area contributed by atoms with E-state index in [0.717, 1.165) is 13.0 Å². The van der Waals surface area contributed by atoms with E-state index >= 15 is 0 Å². The molecule has 88 valence electrons. The molecule has 0 aromatic heterocycles. The number of aryl methyl sites for hydroxylation is 1. The Morgan fingerprint density at radius 3 is 2.44 bits per heavy atom. The summed E-state index contributed by atoms with van der Waals surface area (Å²) >= 11 is 0. The molecule has 0 aliphatic carbocycles. The third-order valence-electron chi connectivity index (χ3n) is 4.12. The van der Waals surface area contributed by atoms with Crippen LogP contribution in [0.25, 0.3) is 0 Å². The van der Waals surface area contributed by atoms with E-state index < -0.39 is 0 Å². The van der Waals surface area contributed by atoms with Gasteiger partial charge in [-0.15, -0.1) is 0 Å². The molecule has 0 amide bonds. The van der Waals surface area contributed by atoms with Gasteiger partial charge in [0.2, 0.25) is 0 Å². The predicted octanol–water partition coefficient (Wildman–Crippen LogP) is 3.28. The Balaban J connectivity index is 2.24. The van der Waals surface area contributed by atoms with Crippen molar-refractivity contribution in [1.82, 2.24) is 5.32 Å². The highest BCUT2D eigenvalue weighted by Crippen LogP contribution is 2.34. The molecule has 1 aromatic rings. The zero-order chi connectivity index (χ0) is 11.4. The van der Waals surface area contributed by atoms with Crippen molar-refractivity contribution in [3.63, 3.8) is 0 Å². The molecule has 0 saturated carbocycles. The van der Waals surface area contributed by atoms with Gasteiger partial charge in [0.1, 0.15) is 0 Å². The highest BCUT2D eigenvalue weighted by molar-refractivity contribution is 5.30. The maximum Gasteiger partial charge on any atom is 0.00756 e. The summed E-state index contributed by atoms with van der Waals surface area (Å²) in [6.45, 7) is 6.87. The fraction of sp³-hybridized carbons (Fsp3) is 0.600. The van der Waals surface area contributed by atoms with Crippen LogP contribution < -0.4 is 5.32 Å². The molecule has 0 spiro atoms. The molecule has 1 aliphatic rings. The van der Waals surface area contributed by atoms with Gasteiger partial charge >= 0.3 is 0 Å². The average Bonchev–Trinajstić information content (AvgIpc) is 2.39. The summed E-state index contributed by atoms with van der Waals surface area (Å²) in [4.78, 5) is 0. The van der Waals surface area contributed by atoms with Crippen LogP contribution >= 0.6 is 0 Å². The Morgan fingerprint density at radius 2 is 1.94 bits per heavy atom. The molecule has 1 nitrogen and oxygen atoms in total. The number of nitrogens with one attached hydrogen (secondary N) is 1. The molecule has 1 heteroatoms. The number of hydrogen-bond acceptors (Lipinski definition) is 1. The summed E-state index contributed by atoms with van der Waals surface area (Å²) in [5, 5.41) is 3.55. The van der Waals surface area contributed by atoms with Crippen LogP contribution in [0.5, 0.6) is 0 Å². The van der Waals surface area contributed by atoms with E-state index in [2.05, 4.69) is 43.4 Å². The van der Waals surface area contributed by atoms with Crippen molar-refractivity contribution in [3.8, 4) is 0 Å². The highest BCUT2D eigenvalue weighted by atomic mass is 14.9. The first-order valence-corrected chi connectivity index (χ1v) is 6.61. The van der Waals surface area contributed by atoms with Crippen LogP contribution in [0.2, 0.25) is 0 Å². The van der Waals surface area contributed by atoms with E-state index in [-0.39, 0.29) is 0 Å². The maximum atomic E-state index is 3.55. The van der Waals surface area contributed by atoms with Crippen LogP contribution in [0, 0.1) is 0 Å². The molecular weight excluding hydrogens is 194 g/mol. The van der Waals surface area contributed by atoms with Gasteiger partial charge in [0.15, 0.2) is 0 Å². The van der Waals surface area contributed by atoms with Crippen molar-refractivity contribution in [2.45, 2.75) is 44.9 Å². The number of hydrogen-bond donors (Lipinski definition) is 1. The number of piperidine rings is 1. The van der Waals surface area contributed by atoms with Crippen LogP contribution in [0.4, 0.5) is 0 Å². The fourth-order valence-corrected chi connectivity index (χ4v) is 2.81. The lowest BCUT2D eigenvalue weighted by molar-refractivity contribution is 0.303. The zero-order valence-electron chi connectivity index (χ0n) is 10.6. The lowest BCUT2D eigenvalue weighted by Crippen LogP contribution is -2.42. The van der Waals surface area contributed by atoms with Gasteiger partial charge in [-0.1, -0.05) is 38.1 Å². The Bertz CT molecular complexity index is 320. The normalized spacial score (nSPS) is 25.6. The second-order valence-electron chi connectivity index (χ2n) is 4.96. The third kappa shape index (κ3) is 2.15. The summed E-state index contributed by atoms with van der Waals surface area (Å²) in [6.07, 6.45) is 5.02. The SMILES string of the molecule is CCc1ccc(C2(CC)CCCNC2)cc1. The van der Waals surface area contributed by atoms with E-state index in [1.54, 1.807) is 0 Å². The lowest BCUT2D eigenvalue weighted by atomic mass is 9.72. The molecule has 16 heavy (non-hydrogen) atoms. The van der Waals surface area contributed by atoms with E-state index in [4.69, 9.17) is 0 Å². The summed E-state index contributed by atoms with van der Waals surface area (Å²) < 4.78 is 0. The average molecular weight is 217 g/mol. The van der Waals surface area contributed by atoms with Gasteiger partial charge in [-0.25, -0.2) is 0 Å². The third-order valence-corrected chi connectivity index (χ3v) is 4.12. The van der Waals surface area contributed by atoms with E-state index in [9.17, 15) is 0 Å². The zero-order valence-corrected chi connectivity index (χ0v) is 10.6. The molecule has 1 heterocycles. The minimum Gasteiger partial charge on any atom is -0.316 e. The molecule has 1 unspecified atom stereocenters. The topological polar surface area (TPSA) is 12.0 Å². The van der Waals surface area contributed by atoms with Gasteiger partial charge in [-0.05, 0) is 43.4 Å². The largest absolute Gasteiger partial charge is 0.316 e. The molecule has 1 aliphatic heterocycles. The van der Waals surface area contributed by atoms with Crippen molar-refractivity contribution >= 4 is 0 Å². The summed E-state index contributed by atoms with van der Waals surface area (Å²) in [5.74, 6) is 0. The quantitative estimate of drug-likeness (QED) is 0.819. The van der Waals surface area contributed by atoms with Crippen LogP contribution in [-0.4, -0.2) is 13.1 Å². The van der Waals surface area contributed by atoms with E-state index in [1.165, 1.54) is 36.9 Å². The van der Waals surface area contributed by atoms with Crippen molar-refractivity contribution in [3.05, 3.63) is 35.4 Å². The van der Waals surface area contributed by atoms with Crippen LogP contribution in [0.15, 0.2) is 24.3 Å². The summed E-state index contributed by atoms with van der Waals surface area (Å²) in [7, 11) is 0. The fourth-order valence-electron chi connectivity index (χ4n) is 2.81. The molecule has 1 saturated heterocycles. The van der Waals surface area contributed by atoms with Crippen molar-refractivity contribution in [2.75, 3.05) is 13.1 Å². The molecule has 2 rings (SSSR count). The number of rotatable bonds is 3. The van der Waals surface area contributed by atoms with Gasteiger partial charge in [0.25, 0.3) is 0 Å². The van der Waals surface area contributed by atoms with Crippen molar-refractivity contribution in [2.24, 2.45) is 0 Å². The Morgan fingerprint density at radius 1 is 1.19 bits per heavy atom. The first-order chi connectivity index (χ1) is 7.80. The molecule has 1 atom stereocenters. The standard InChI is InChI=1S/C15H23N/c1-3-13-6-8-14(9-7-13)15(4-2)10-5-11-16-12-15/h6-9,16H,3-5,10-12H2,1-2H3. The van der Waals surface area contributed by atoms with Crippen LogP contribution in [-0.2, 0) is 11.8 Å². The van der Waals surface area contributed by atoms with Crippen LogP contribution in [0.3, 0.4) is 0 Å². The maximum absolute atomic E-state index is 3.55. The van der Waals surface area contributed by atoms with Crippen molar-refractivity contribution < 1.29 is 0 Å². The Labute approximate surface area is 99.3 Å². The van der Waals surface area contributed by atoms with E-state index in [1.807, 2.05) is 0 Å². The molecular formula is C15H23N. The molecule has 0 radical (unpaired) electrons. The van der Waals surface area contributed by atoms with Crippen molar-refractivity contribution in [1.29, 1.82) is 0 Å². The predicted molar refractivity (Wildman–Crippen MR) is 69.9 cm³/mol. The molecule has 1 N–H and O–H groups in total. The first kappa shape index (κ1) is 11.7. The second-order valence-corrected chi connectivity index (χ2v) is 4.96. The smallest absolute Gasteiger partial charge is 0.00756 e. The lowest BCUT2D eigenvalue weighted by Gasteiger charge is -2.37. The monoisotopic (exact) mass is 217 g/mol. The van der Waals surface area contributed by atoms with Gasteiger partial charge in [0, 0.05) is 12.0 Å². The Hall–Kier alpha value is -0.820. The first-order valence-electron chi connectivity index (χ1n) is 6.61. The van der Waals surface area contributed by atoms with Gasteiger partial charge in [0.05, 0.1) is 0 Å². The minimum absolute atomic E-state index is 0.393. The molecule has 0 bridgehead atoms. The minimum atomic E-state index is 0.393. The van der Waals surface area contributed by atoms with Crippen LogP contribution in [0.1, 0.15) is 44.2 Å². The Kier molecular flexibility index (Phi) is 3.65.